The van der Waals surface area contributed by atoms with E-state index in [0.29, 0.717) is 11.2 Å². The van der Waals surface area contributed by atoms with Gasteiger partial charge in [0.1, 0.15) is 11.3 Å². The SMILES string of the molecule is COC(=O)c1nc2c(cc1C(=O)c1ccccc1O)ncn2C1CCCCC1. The number of pyridine rings is 1. The van der Waals surface area contributed by atoms with Crippen LogP contribution < -0.4 is 0 Å². The molecule has 0 aliphatic heterocycles. The largest absolute Gasteiger partial charge is 0.507 e. The molecule has 0 amide bonds. The lowest BCUT2D eigenvalue weighted by Crippen LogP contribution is -2.16. The first-order valence-corrected chi connectivity index (χ1v) is 9.38. The van der Waals surface area contributed by atoms with Gasteiger partial charge in [-0.05, 0) is 31.0 Å². The molecule has 0 atom stereocenters. The summed E-state index contributed by atoms with van der Waals surface area (Å²) in [6.45, 7) is 0. The number of carbonyl (C=O) groups is 2. The molecule has 1 N–H and O–H groups in total. The highest BCUT2D eigenvalue weighted by atomic mass is 16.5. The van der Waals surface area contributed by atoms with Crippen molar-refractivity contribution in [1.82, 2.24) is 14.5 Å². The standard InChI is InChI=1S/C21H21N3O4/c1-28-21(27)18-15(19(26)14-9-5-6-10-17(14)25)11-16-20(23-18)24(12-22-16)13-7-3-2-4-8-13/h5-6,9-13,25H,2-4,7-8H2,1H3. The number of esters is 1. The van der Waals surface area contributed by atoms with Crippen LogP contribution in [0, 0.1) is 0 Å². The molecule has 7 nitrogen and oxygen atoms in total. The molecule has 1 fully saturated rings. The van der Waals surface area contributed by atoms with Crippen LogP contribution in [0.5, 0.6) is 5.75 Å². The van der Waals surface area contributed by atoms with Gasteiger partial charge in [-0.1, -0.05) is 31.4 Å². The van der Waals surface area contributed by atoms with Crippen molar-refractivity contribution in [2.24, 2.45) is 0 Å². The first-order valence-electron chi connectivity index (χ1n) is 9.38. The Morgan fingerprint density at radius 1 is 1.14 bits per heavy atom. The van der Waals surface area contributed by atoms with E-state index in [9.17, 15) is 14.7 Å². The third-order valence-corrected chi connectivity index (χ3v) is 5.29. The maximum absolute atomic E-state index is 13.0. The van der Waals surface area contributed by atoms with Crippen LogP contribution in [0.15, 0.2) is 36.7 Å². The number of aromatic nitrogens is 3. The third-order valence-electron chi connectivity index (χ3n) is 5.29. The van der Waals surface area contributed by atoms with Gasteiger partial charge in [0.15, 0.2) is 17.1 Å². The average Bonchev–Trinajstić information content (AvgIpc) is 3.15. The lowest BCUT2D eigenvalue weighted by Gasteiger charge is -2.23. The molecule has 144 valence electrons. The van der Waals surface area contributed by atoms with E-state index in [2.05, 4.69) is 9.97 Å². The second-order valence-corrected chi connectivity index (χ2v) is 7.01. The number of hydrogen-bond acceptors (Lipinski definition) is 6. The number of phenolic OH excluding ortho intramolecular Hbond substituents is 1. The van der Waals surface area contributed by atoms with Crippen LogP contribution in [0.25, 0.3) is 11.2 Å². The van der Waals surface area contributed by atoms with Crippen molar-refractivity contribution in [2.75, 3.05) is 7.11 Å². The molecule has 2 heterocycles. The van der Waals surface area contributed by atoms with Crippen molar-refractivity contribution in [1.29, 1.82) is 0 Å². The van der Waals surface area contributed by atoms with E-state index in [1.165, 1.54) is 25.7 Å². The summed E-state index contributed by atoms with van der Waals surface area (Å²) in [6, 6.07) is 8.05. The number of phenols is 1. The number of rotatable bonds is 4. The molecule has 1 aliphatic carbocycles. The van der Waals surface area contributed by atoms with E-state index in [1.54, 1.807) is 24.5 Å². The quantitative estimate of drug-likeness (QED) is 0.549. The van der Waals surface area contributed by atoms with Crippen molar-refractivity contribution in [3.05, 3.63) is 53.5 Å². The normalized spacial score (nSPS) is 14.9. The summed E-state index contributed by atoms with van der Waals surface area (Å²) in [6.07, 6.45) is 7.33. The molecule has 0 unspecified atom stereocenters. The maximum atomic E-state index is 13.0. The smallest absolute Gasteiger partial charge is 0.357 e. The summed E-state index contributed by atoms with van der Waals surface area (Å²) in [5.74, 6) is -1.35. The van der Waals surface area contributed by atoms with Gasteiger partial charge in [0.25, 0.3) is 0 Å². The molecular weight excluding hydrogens is 358 g/mol. The number of nitrogens with zero attached hydrogens (tertiary/aromatic N) is 3. The molecule has 7 heteroatoms. The van der Waals surface area contributed by atoms with E-state index in [-0.39, 0.29) is 28.6 Å². The summed E-state index contributed by atoms with van der Waals surface area (Å²) in [7, 11) is 1.25. The Bertz CT molecular complexity index is 1050. The molecule has 2 aromatic heterocycles. The summed E-state index contributed by atoms with van der Waals surface area (Å²) in [5, 5.41) is 10.0. The van der Waals surface area contributed by atoms with Gasteiger partial charge in [-0.15, -0.1) is 0 Å². The Balaban J connectivity index is 1.85. The lowest BCUT2D eigenvalue weighted by atomic mass is 9.95. The number of fused-ring (bicyclic) bond motifs is 1. The van der Waals surface area contributed by atoms with Crippen LogP contribution in [0.3, 0.4) is 0 Å². The highest BCUT2D eigenvalue weighted by Gasteiger charge is 2.26. The van der Waals surface area contributed by atoms with Crippen molar-refractivity contribution < 1.29 is 19.4 Å². The van der Waals surface area contributed by atoms with Crippen molar-refractivity contribution in [2.45, 2.75) is 38.1 Å². The fourth-order valence-corrected chi connectivity index (χ4v) is 3.82. The fraction of sp³-hybridized carbons (Fsp3) is 0.333. The minimum absolute atomic E-state index is 0.0646. The van der Waals surface area contributed by atoms with Gasteiger partial charge in [-0.3, -0.25) is 4.79 Å². The van der Waals surface area contributed by atoms with Crippen molar-refractivity contribution in [3.8, 4) is 5.75 Å². The van der Waals surface area contributed by atoms with Gasteiger partial charge in [-0.2, -0.15) is 0 Å². The first-order chi connectivity index (χ1) is 13.6. The first kappa shape index (κ1) is 18.2. The van der Waals surface area contributed by atoms with Crippen molar-refractivity contribution >= 4 is 22.9 Å². The zero-order chi connectivity index (χ0) is 19.7. The van der Waals surface area contributed by atoms with Gasteiger partial charge in [0.05, 0.1) is 24.6 Å². The number of ether oxygens (including phenoxy) is 1. The van der Waals surface area contributed by atoms with E-state index in [1.807, 2.05) is 4.57 Å². The van der Waals surface area contributed by atoms with Crippen LogP contribution in [-0.2, 0) is 4.74 Å². The molecular formula is C21H21N3O4. The van der Waals surface area contributed by atoms with Gasteiger partial charge < -0.3 is 14.4 Å². The summed E-state index contributed by atoms with van der Waals surface area (Å²) in [5.41, 5.74) is 1.20. The zero-order valence-corrected chi connectivity index (χ0v) is 15.6. The third kappa shape index (κ3) is 3.13. The van der Waals surface area contributed by atoms with Crippen LogP contribution in [0.1, 0.15) is 64.6 Å². The maximum Gasteiger partial charge on any atom is 0.357 e. The van der Waals surface area contributed by atoms with E-state index in [0.717, 1.165) is 25.7 Å². The fourth-order valence-electron chi connectivity index (χ4n) is 3.82. The zero-order valence-electron chi connectivity index (χ0n) is 15.6. The summed E-state index contributed by atoms with van der Waals surface area (Å²) in [4.78, 5) is 34.3. The second kappa shape index (κ2) is 7.42. The molecule has 1 aliphatic rings. The number of para-hydroxylation sites is 1. The van der Waals surface area contributed by atoms with Crippen LogP contribution >= 0.6 is 0 Å². The molecule has 0 radical (unpaired) electrons. The predicted octanol–water partition coefficient (Wildman–Crippen LogP) is 3.66. The van der Waals surface area contributed by atoms with Gasteiger partial charge >= 0.3 is 5.97 Å². The number of ketones is 1. The Kier molecular flexibility index (Phi) is 4.81. The molecule has 4 rings (SSSR count). The Morgan fingerprint density at radius 3 is 2.61 bits per heavy atom. The molecule has 28 heavy (non-hydrogen) atoms. The Hall–Kier alpha value is -3.22. The van der Waals surface area contributed by atoms with E-state index < -0.39 is 11.8 Å². The topological polar surface area (TPSA) is 94.3 Å². The number of benzene rings is 1. The molecule has 1 saturated carbocycles. The van der Waals surface area contributed by atoms with Crippen LogP contribution in [0.2, 0.25) is 0 Å². The molecule has 0 bridgehead atoms. The number of carbonyl (C=O) groups excluding carboxylic acids is 2. The monoisotopic (exact) mass is 379 g/mol. The molecule has 0 saturated heterocycles. The van der Waals surface area contributed by atoms with E-state index >= 15 is 0 Å². The number of aromatic hydroxyl groups is 1. The summed E-state index contributed by atoms with van der Waals surface area (Å²) < 4.78 is 6.85. The molecule has 3 aromatic rings. The van der Waals surface area contributed by atoms with Gasteiger partial charge in [-0.25, -0.2) is 14.8 Å². The Morgan fingerprint density at radius 2 is 1.89 bits per heavy atom. The van der Waals surface area contributed by atoms with Crippen molar-refractivity contribution in [3.63, 3.8) is 0 Å². The number of imidazole rings is 1. The lowest BCUT2D eigenvalue weighted by molar-refractivity contribution is 0.0591. The minimum atomic E-state index is -0.697. The van der Waals surface area contributed by atoms with Crippen LogP contribution in [-0.4, -0.2) is 38.5 Å². The number of hydrogen-bond donors (Lipinski definition) is 1. The highest BCUT2D eigenvalue weighted by molar-refractivity contribution is 6.16. The highest BCUT2D eigenvalue weighted by Crippen LogP contribution is 2.31. The van der Waals surface area contributed by atoms with E-state index in [4.69, 9.17) is 4.74 Å². The number of methoxy groups -OCH3 is 1. The summed E-state index contributed by atoms with van der Waals surface area (Å²) >= 11 is 0. The predicted molar refractivity (Wildman–Crippen MR) is 103 cm³/mol. The minimum Gasteiger partial charge on any atom is -0.507 e. The van der Waals surface area contributed by atoms with Gasteiger partial charge in [0, 0.05) is 6.04 Å². The average molecular weight is 379 g/mol. The Labute approximate surface area is 162 Å². The van der Waals surface area contributed by atoms with Crippen LogP contribution in [0.4, 0.5) is 0 Å². The molecule has 1 aromatic carbocycles. The molecule has 0 spiro atoms. The van der Waals surface area contributed by atoms with Gasteiger partial charge in [0.2, 0.25) is 0 Å². The second-order valence-electron chi connectivity index (χ2n) is 7.01.